The van der Waals surface area contributed by atoms with Gasteiger partial charge >= 0.3 is 0 Å². The van der Waals surface area contributed by atoms with Gasteiger partial charge in [-0.05, 0) is 85.2 Å². The van der Waals surface area contributed by atoms with Crippen LogP contribution in [0.1, 0.15) is 97.9 Å². The summed E-state index contributed by atoms with van der Waals surface area (Å²) in [7, 11) is 2.20. The Bertz CT molecular complexity index is 1950. The summed E-state index contributed by atoms with van der Waals surface area (Å²) in [4.78, 5) is 16.4. The van der Waals surface area contributed by atoms with Crippen molar-refractivity contribution in [3.63, 3.8) is 0 Å². The van der Waals surface area contributed by atoms with E-state index in [1.165, 1.54) is 17.8 Å². The van der Waals surface area contributed by atoms with E-state index in [0.717, 1.165) is 102 Å². The van der Waals surface area contributed by atoms with E-state index in [4.69, 9.17) is 30.1 Å². The molecule has 0 radical (unpaired) electrons. The molecule has 0 unspecified atom stereocenters. The van der Waals surface area contributed by atoms with E-state index in [9.17, 15) is 10.4 Å². The Morgan fingerprint density at radius 1 is 1.17 bits per heavy atom. The third kappa shape index (κ3) is 4.27. The number of piperidine rings is 1. The summed E-state index contributed by atoms with van der Waals surface area (Å²) in [5, 5.41) is 32.9. The Morgan fingerprint density at radius 2 is 2.04 bits per heavy atom. The number of aryl methyl sites for hydroxylation is 2. The number of likely N-dealkylation sites (tertiary alicyclic amines) is 1. The highest BCUT2D eigenvalue weighted by Gasteiger charge is 2.50. The molecule has 5 atom stereocenters. The zero-order chi connectivity index (χ0) is 32.2. The van der Waals surface area contributed by atoms with Gasteiger partial charge in [0, 0.05) is 29.1 Å². The zero-order valence-electron chi connectivity index (χ0n) is 27.3. The van der Waals surface area contributed by atoms with Crippen LogP contribution in [0.3, 0.4) is 0 Å². The molecule has 4 aromatic rings. The van der Waals surface area contributed by atoms with Crippen molar-refractivity contribution < 1.29 is 14.4 Å². The molecule has 0 amide bonds. The number of nitriles is 1. The SMILES string of the molecule is C[C@@H]([C@@H]1CCCN1C)n1nc2c3c(nc(-c4noc5c4COC[C@]54CCCc5sc(N)c(C#N)c54)nc31)N1C[C@](C)(O)CC[C@@H]1CC2. The first-order valence-corrected chi connectivity index (χ1v) is 17.9. The highest BCUT2D eigenvalue weighted by molar-refractivity contribution is 7.16. The van der Waals surface area contributed by atoms with Gasteiger partial charge in [0.1, 0.15) is 16.9 Å². The molecule has 246 valence electrons. The maximum absolute atomic E-state index is 11.3. The highest BCUT2D eigenvalue weighted by Crippen LogP contribution is 2.53. The largest absolute Gasteiger partial charge is 0.389 e. The number of ether oxygens (including phenoxy) is 1. The van der Waals surface area contributed by atoms with Crippen LogP contribution in [0.15, 0.2) is 4.52 Å². The van der Waals surface area contributed by atoms with Crippen molar-refractivity contribution in [2.45, 2.75) is 107 Å². The molecule has 4 aromatic heterocycles. The molecule has 3 N–H and O–H groups in total. The molecule has 12 nitrogen and oxygen atoms in total. The van der Waals surface area contributed by atoms with Crippen LogP contribution in [-0.4, -0.2) is 79.3 Å². The van der Waals surface area contributed by atoms with Gasteiger partial charge in [0.05, 0.1) is 52.5 Å². The molecule has 9 rings (SSSR count). The van der Waals surface area contributed by atoms with E-state index in [0.29, 0.717) is 47.9 Å². The average Bonchev–Trinajstić information content (AvgIpc) is 3.82. The molecule has 4 aliphatic heterocycles. The van der Waals surface area contributed by atoms with Gasteiger partial charge in [-0.2, -0.15) is 10.4 Å². The first kappa shape index (κ1) is 29.6. The third-order valence-corrected chi connectivity index (χ3v) is 12.8. The number of aromatic nitrogens is 5. The number of thiophene rings is 1. The van der Waals surface area contributed by atoms with Crippen LogP contribution >= 0.6 is 11.3 Å². The predicted molar refractivity (Wildman–Crippen MR) is 177 cm³/mol. The molecule has 2 fully saturated rings. The van der Waals surface area contributed by atoms with Crippen LogP contribution < -0.4 is 10.6 Å². The van der Waals surface area contributed by atoms with Crippen LogP contribution in [0.25, 0.3) is 22.6 Å². The maximum Gasteiger partial charge on any atom is 0.186 e. The van der Waals surface area contributed by atoms with Gasteiger partial charge in [0.25, 0.3) is 0 Å². The molecule has 0 bridgehead atoms. The summed E-state index contributed by atoms with van der Waals surface area (Å²) >= 11 is 1.50. The van der Waals surface area contributed by atoms with E-state index in [1.54, 1.807) is 0 Å². The second kappa shape index (κ2) is 10.5. The number of hydrogen-bond acceptors (Lipinski definition) is 12. The second-order valence-electron chi connectivity index (χ2n) is 14.8. The number of fused-ring (bicyclic) bond motifs is 6. The normalized spacial score (nSPS) is 29.4. The molecule has 1 spiro atoms. The Hall–Kier alpha value is -3.57. The number of nitrogen functional groups attached to an aromatic ring is 1. The number of likely N-dealkylation sites (N-methyl/N-ethyl adjacent to an activating group) is 1. The average molecular weight is 656 g/mol. The number of rotatable bonds is 3. The Kier molecular flexibility index (Phi) is 6.58. The summed E-state index contributed by atoms with van der Waals surface area (Å²) in [6, 6.07) is 3.11. The Balaban J connectivity index is 1.24. The molecule has 0 saturated carbocycles. The molecule has 2 saturated heterocycles. The Labute approximate surface area is 277 Å². The standard InChI is InChI=1S/C34H41N9O3S/c1-18(23-6-5-13-41(23)3)43-32-25-22(39-43)9-8-19-10-12-33(2,44)16-42(19)31(25)37-30(38-32)27-21-15-45-17-34(28(21)46-40-27)11-4-7-24-26(34)20(14-35)29(36)47-24/h18-19,23,44H,4-13,15-17,36H2,1-3H3/t18-,19-,23-,33+,34-/m0/s1. The maximum atomic E-state index is 11.3. The van der Waals surface area contributed by atoms with Crippen LogP contribution in [0.2, 0.25) is 0 Å². The van der Waals surface area contributed by atoms with Crippen molar-refractivity contribution in [1.82, 2.24) is 29.8 Å². The number of nitrogens with zero attached hydrogens (tertiary/aromatic N) is 8. The minimum atomic E-state index is -0.818. The van der Waals surface area contributed by atoms with E-state index in [-0.39, 0.29) is 12.1 Å². The molecule has 13 heteroatoms. The lowest BCUT2D eigenvalue weighted by molar-refractivity contribution is 0.0357. The van der Waals surface area contributed by atoms with Crippen molar-refractivity contribution in [2.24, 2.45) is 0 Å². The third-order valence-electron chi connectivity index (χ3n) is 11.7. The predicted octanol–water partition coefficient (Wildman–Crippen LogP) is 4.47. The van der Waals surface area contributed by atoms with Crippen LogP contribution in [0, 0.1) is 11.3 Å². The number of hydrogen-bond donors (Lipinski definition) is 2. The van der Waals surface area contributed by atoms with Crippen molar-refractivity contribution in [3.05, 3.63) is 33.0 Å². The number of anilines is 2. The van der Waals surface area contributed by atoms with E-state index in [1.807, 2.05) is 6.92 Å². The summed E-state index contributed by atoms with van der Waals surface area (Å²) < 4.78 is 14.8. The summed E-state index contributed by atoms with van der Waals surface area (Å²) in [6.07, 6.45) is 8.34. The fourth-order valence-corrected chi connectivity index (χ4v) is 10.5. The quantitative estimate of drug-likeness (QED) is 0.321. The number of nitrogens with two attached hydrogens (primary N) is 1. The fraction of sp³-hybridized carbons (Fsp3) is 0.618. The molecule has 8 heterocycles. The molecule has 47 heavy (non-hydrogen) atoms. The minimum absolute atomic E-state index is 0.112. The van der Waals surface area contributed by atoms with Crippen molar-refractivity contribution in [3.8, 4) is 17.6 Å². The van der Waals surface area contributed by atoms with E-state index in [2.05, 4.69) is 39.7 Å². The van der Waals surface area contributed by atoms with Gasteiger partial charge in [-0.15, -0.1) is 11.3 Å². The molecular weight excluding hydrogens is 615 g/mol. The Morgan fingerprint density at radius 3 is 2.85 bits per heavy atom. The minimum Gasteiger partial charge on any atom is -0.389 e. The molecule has 5 aliphatic rings. The van der Waals surface area contributed by atoms with Gasteiger partial charge in [0.15, 0.2) is 22.9 Å². The second-order valence-corrected chi connectivity index (χ2v) is 15.9. The molecular formula is C34H41N9O3S. The monoisotopic (exact) mass is 655 g/mol. The zero-order valence-corrected chi connectivity index (χ0v) is 28.1. The van der Waals surface area contributed by atoms with Crippen LogP contribution in [0.5, 0.6) is 0 Å². The van der Waals surface area contributed by atoms with Crippen LogP contribution in [0.4, 0.5) is 10.8 Å². The lowest BCUT2D eigenvalue weighted by atomic mass is 9.68. The van der Waals surface area contributed by atoms with Gasteiger partial charge in [-0.1, -0.05) is 5.16 Å². The van der Waals surface area contributed by atoms with E-state index >= 15 is 0 Å². The van der Waals surface area contributed by atoms with Crippen LogP contribution in [-0.2, 0) is 29.6 Å². The molecule has 0 aromatic carbocycles. The first-order chi connectivity index (χ1) is 22.7. The lowest BCUT2D eigenvalue weighted by Gasteiger charge is -2.43. The summed E-state index contributed by atoms with van der Waals surface area (Å²) in [5.41, 5.74) is 9.61. The smallest absolute Gasteiger partial charge is 0.186 e. The number of aliphatic hydroxyl groups is 1. The molecule has 1 aliphatic carbocycles. The first-order valence-electron chi connectivity index (χ1n) is 17.1. The summed E-state index contributed by atoms with van der Waals surface area (Å²) in [5.74, 6) is 2.03. The summed E-state index contributed by atoms with van der Waals surface area (Å²) in [6.45, 7) is 6.47. The van der Waals surface area contributed by atoms with Gasteiger partial charge < -0.3 is 29.9 Å². The van der Waals surface area contributed by atoms with Gasteiger partial charge in [-0.25, -0.2) is 14.6 Å². The van der Waals surface area contributed by atoms with E-state index < -0.39 is 11.0 Å². The van der Waals surface area contributed by atoms with Crippen molar-refractivity contribution in [1.29, 1.82) is 5.26 Å². The van der Waals surface area contributed by atoms with Gasteiger partial charge in [0.2, 0.25) is 0 Å². The van der Waals surface area contributed by atoms with Crippen molar-refractivity contribution in [2.75, 3.05) is 37.4 Å². The fourth-order valence-electron chi connectivity index (χ4n) is 9.36. The van der Waals surface area contributed by atoms with Crippen molar-refractivity contribution >= 4 is 33.2 Å². The highest BCUT2D eigenvalue weighted by atomic mass is 32.1. The topological polar surface area (TPSA) is 155 Å². The van der Waals surface area contributed by atoms with Gasteiger partial charge in [-0.3, -0.25) is 0 Å². The lowest BCUT2D eigenvalue weighted by Crippen LogP contribution is -2.51.